The maximum atomic E-state index is 5.88. The molecule has 1 aromatic carbocycles. The van der Waals surface area contributed by atoms with Gasteiger partial charge in [-0.15, -0.1) is 11.3 Å². The van der Waals surface area contributed by atoms with E-state index >= 15 is 0 Å². The van der Waals surface area contributed by atoms with Crippen LogP contribution in [0.1, 0.15) is 15.4 Å². The fraction of sp³-hybridized carbons (Fsp3) is 0.250. The first-order chi connectivity index (χ1) is 7.65. The number of aryl methyl sites for hydroxylation is 2. The molecule has 3 nitrogen and oxygen atoms in total. The second-order valence-corrected chi connectivity index (χ2v) is 5.11. The Morgan fingerprint density at radius 2 is 2.19 bits per heavy atom. The summed E-state index contributed by atoms with van der Waals surface area (Å²) in [5.41, 5.74) is 8.87. The van der Waals surface area contributed by atoms with Gasteiger partial charge in [-0.2, -0.15) is 0 Å². The average Bonchev–Trinajstić information content (AvgIpc) is 2.66. The van der Waals surface area contributed by atoms with E-state index in [-0.39, 0.29) is 0 Å². The van der Waals surface area contributed by atoms with Crippen LogP contribution in [0.2, 0.25) is 0 Å². The number of thiazole rings is 1. The minimum absolute atomic E-state index is 0.777. The molecule has 0 fully saturated rings. The smallest absolute Gasteiger partial charge is 0.0897 e. The fourth-order valence-electron chi connectivity index (χ4n) is 1.49. The Morgan fingerprint density at radius 3 is 2.88 bits per heavy atom. The molecule has 84 valence electrons. The molecule has 0 unspecified atom stereocenters. The van der Waals surface area contributed by atoms with Crippen LogP contribution in [0.5, 0.6) is 0 Å². The van der Waals surface area contributed by atoms with Crippen LogP contribution in [0.4, 0.5) is 11.4 Å². The number of nitrogens with one attached hydrogen (secondary N) is 1. The highest BCUT2D eigenvalue weighted by Crippen LogP contribution is 2.21. The summed E-state index contributed by atoms with van der Waals surface area (Å²) in [6.07, 6.45) is 1.90. The maximum absolute atomic E-state index is 5.88. The molecule has 4 heteroatoms. The Morgan fingerprint density at radius 1 is 1.38 bits per heavy atom. The largest absolute Gasteiger partial charge is 0.397 e. The van der Waals surface area contributed by atoms with E-state index in [0.717, 1.165) is 22.9 Å². The van der Waals surface area contributed by atoms with Gasteiger partial charge in [0.1, 0.15) is 0 Å². The third-order valence-electron chi connectivity index (χ3n) is 2.33. The lowest BCUT2D eigenvalue weighted by atomic mass is 10.2. The molecule has 1 aromatic heterocycles. The summed E-state index contributed by atoms with van der Waals surface area (Å²) in [6.45, 7) is 4.84. The summed E-state index contributed by atoms with van der Waals surface area (Å²) < 4.78 is 0. The number of hydrogen-bond donors (Lipinski definition) is 2. The zero-order chi connectivity index (χ0) is 11.5. The van der Waals surface area contributed by atoms with Crippen molar-refractivity contribution < 1.29 is 0 Å². The van der Waals surface area contributed by atoms with Crippen LogP contribution in [-0.2, 0) is 6.54 Å². The zero-order valence-electron chi connectivity index (χ0n) is 9.45. The van der Waals surface area contributed by atoms with Gasteiger partial charge in [-0.25, -0.2) is 4.98 Å². The lowest BCUT2D eigenvalue weighted by Gasteiger charge is -2.08. The lowest BCUT2D eigenvalue weighted by Crippen LogP contribution is -2.01. The number of nitrogen functional groups attached to an aromatic ring is 1. The van der Waals surface area contributed by atoms with Crippen molar-refractivity contribution in [3.8, 4) is 0 Å². The molecule has 0 saturated carbocycles. The van der Waals surface area contributed by atoms with Gasteiger partial charge in [-0.1, -0.05) is 6.07 Å². The van der Waals surface area contributed by atoms with E-state index in [1.165, 1.54) is 10.4 Å². The molecule has 3 N–H and O–H groups in total. The quantitative estimate of drug-likeness (QED) is 0.801. The summed E-state index contributed by atoms with van der Waals surface area (Å²) in [5, 5.41) is 4.42. The van der Waals surface area contributed by atoms with Crippen molar-refractivity contribution in [3.63, 3.8) is 0 Å². The number of benzene rings is 1. The van der Waals surface area contributed by atoms with Crippen LogP contribution >= 0.6 is 11.3 Å². The van der Waals surface area contributed by atoms with Gasteiger partial charge in [0.25, 0.3) is 0 Å². The Bertz CT molecular complexity index is 491. The van der Waals surface area contributed by atoms with E-state index in [4.69, 9.17) is 5.73 Å². The second kappa shape index (κ2) is 4.53. The van der Waals surface area contributed by atoms with E-state index in [1.807, 2.05) is 25.3 Å². The van der Waals surface area contributed by atoms with E-state index in [2.05, 4.69) is 23.3 Å². The van der Waals surface area contributed by atoms with Crippen LogP contribution in [0.25, 0.3) is 0 Å². The van der Waals surface area contributed by atoms with Crippen LogP contribution in [0.3, 0.4) is 0 Å². The van der Waals surface area contributed by atoms with Crippen LogP contribution in [-0.4, -0.2) is 4.98 Å². The molecule has 0 aliphatic rings. The molecule has 0 aliphatic carbocycles. The molecule has 2 rings (SSSR count). The molecule has 1 heterocycles. The standard InChI is InChI=1S/C12H15N3S/c1-8-3-4-11(13)12(5-8)15-7-10-6-14-9(2)16-10/h3-6,15H,7,13H2,1-2H3. The van der Waals surface area contributed by atoms with Crippen molar-refractivity contribution in [2.45, 2.75) is 20.4 Å². The van der Waals surface area contributed by atoms with Crippen LogP contribution in [0.15, 0.2) is 24.4 Å². The third-order valence-corrected chi connectivity index (χ3v) is 3.24. The molecule has 2 aromatic rings. The van der Waals surface area contributed by atoms with Crippen molar-refractivity contribution in [2.75, 3.05) is 11.1 Å². The van der Waals surface area contributed by atoms with Crippen molar-refractivity contribution in [3.05, 3.63) is 39.8 Å². The Balaban J connectivity index is 2.07. The van der Waals surface area contributed by atoms with Gasteiger partial charge >= 0.3 is 0 Å². The maximum Gasteiger partial charge on any atom is 0.0897 e. The highest BCUT2D eigenvalue weighted by Gasteiger charge is 2.01. The molecule has 0 spiro atoms. The minimum atomic E-state index is 0.777. The molecule has 0 aliphatic heterocycles. The molecule has 16 heavy (non-hydrogen) atoms. The Kier molecular flexibility index (Phi) is 3.10. The van der Waals surface area contributed by atoms with E-state index in [1.54, 1.807) is 11.3 Å². The second-order valence-electron chi connectivity index (χ2n) is 3.79. The molecule has 0 radical (unpaired) electrons. The first kappa shape index (κ1) is 11.0. The number of nitrogens with zero attached hydrogens (tertiary/aromatic N) is 1. The van der Waals surface area contributed by atoms with E-state index < -0.39 is 0 Å². The average molecular weight is 233 g/mol. The summed E-state index contributed by atoms with van der Waals surface area (Å²) >= 11 is 1.70. The Labute approximate surface area is 99.3 Å². The lowest BCUT2D eigenvalue weighted by molar-refractivity contribution is 1.17. The highest BCUT2D eigenvalue weighted by molar-refractivity contribution is 7.11. The van der Waals surface area contributed by atoms with Crippen molar-refractivity contribution in [1.29, 1.82) is 0 Å². The van der Waals surface area contributed by atoms with Crippen LogP contribution < -0.4 is 11.1 Å². The van der Waals surface area contributed by atoms with Gasteiger partial charge in [0, 0.05) is 11.1 Å². The number of hydrogen-bond acceptors (Lipinski definition) is 4. The van der Waals surface area contributed by atoms with Gasteiger partial charge < -0.3 is 11.1 Å². The normalized spacial score (nSPS) is 10.4. The Hall–Kier alpha value is -1.55. The molecular weight excluding hydrogens is 218 g/mol. The summed E-state index contributed by atoms with van der Waals surface area (Å²) in [5.74, 6) is 0. The summed E-state index contributed by atoms with van der Waals surface area (Å²) in [7, 11) is 0. The number of rotatable bonds is 3. The molecule has 0 amide bonds. The van der Waals surface area contributed by atoms with E-state index in [9.17, 15) is 0 Å². The van der Waals surface area contributed by atoms with Crippen molar-refractivity contribution in [2.24, 2.45) is 0 Å². The monoisotopic (exact) mass is 233 g/mol. The van der Waals surface area contributed by atoms with Gasteiger partial charge in [-0.3, -0.25) is 0 Å². The van der Waals surface area contributed by atoms with Crippen LogP contribution in [0, 0.1) is 13.8 Å². The zero-order valence-corrected chi connectivity index (χ0v) is 10.3. The predicted molar refractivity (Wildman–Crippen MR) is 69.8 cm³/mol. The molecular formula is C12H15N3S. The predicted octanol–water partition coefficient (Wildman–Crippen LogP) is 2.95. The molecule has 0 atom stereocenters. The number of anilines is 2. The van der Waals surface area contributed by atoms with Gasteiger partial charge in [0.05, 0.1) is 22.9 Å². The number of nitrogens with two attached hydrogens (primary N) is 1. The molecule has 0 saturated heterocycles. The van der Waals surface area contributed by atoms with Gasteiger partial charge in [0.2, 0.25) is 0 Å². The van der Waals surface area contributed by atoms with Gasteiger partial charge in [-0.05, 0) is 31.5 Å². The topological polar surface area (TPSA) is 50.9 Å². The molecule has 0 bridgehead atoms. The SMILES string of the molecule is Cc1ccc(N)c(NCc2cnc(C)s2)c1. The van der Waals surface area contributed by atoms with Crippen molar-refractivity contribution >= 4 is 22.7 Å². The van der Waals surface area contributed by atoms with E-state index in [0.29, 0.717) is 0 Å². The van der Waals surface area contributed by atoms with Gasteiger partial charge in [0.15, 0.2) is 0 Å². The fourth-order valence-corrected chi connectivity index (χ4v) is 2.23. The highest BCUT2D eigenvalue weighted by atomic mass is 32.1. The van der Waals surface area contributed by atoms with Crippen molar-refractivity contribution in [1.82, 2.24) is 4.98 Å². The first-order valence-corrected chi connectivity index (χ1v) is 5.98. The minimum Gasteiger partial charge on any atom is -0.397 e. The third kappa shape index (κ3) is 2.52. The first-order valence-electron chi connectivity index (χ1n) is 5.16. The summed E-state index contributed by atoms with van der Waals surface area (Å²) in [6, 6.07) is 6.00. The summed E-state index contributed by atoms with van der Waals surface area (Å²) in [4.78, 5) is 5.44. The number of aromatic nitrogens is 1.